The first-order valence-corrected chi connectivity index (χ1v) is 9.52. The van der Waals surface area contributed by atoms with E-state index in [0.717, 1.165) is 16.9 Å². The Balaban J connectivity index is 1.74. The Bertz CT molecular complexity index is 906. The Morgan fingerprint density at radius 3 is 2.45 bits per heavy atom. The molecule has 0 fully saturated rings. The van der Waals surface area contributed by atoms with Crippen molar-refractivity contribution in [3.63, 3.8) is 0 Å². The highest BCUT2D eigenvalue weighted by atomic mass is 16.5. The number of nitrogens with zero attached hydrogens (tertiary/aromatic N) is 2. The Kier molecular flexibility index (Phi) is 7.03. The SMILES string of the molecule is COC(=O)C(C)CN(Cc1ccccc1)Cc1ncc(-c2ccc(OC)cc2)o1. The zero-order valence-electron chi connectivity index (χ0n) is 17.0. The summed E-state index contributed by atoms with van der Waals surface area (Å²) in [5, 5.41) is 0. The van der Waals surface area contributed by atoms with E-state index in [4.69, 9.17) is 13.9 Å². The van der Waals surface area contributed by atoms with Gasteiger partial charge in [-0.05, 0) is 29.8 Å². The number of aromatic nitrogens is 1. The first kappa shape index (κ1) is 20.6. The van der Waals surface area contributed by atoms with Gasteiger partial charge in [-0.3, -0.25) is 9.69 Å². The lowest BCUT2D eigenvalue weighted by molar-refractivity contribution is -0.145. The molecule has 0 amide bonds. The van der Waals surface area contributed by atoms with E-state index in [0.29, 0.717) is 31.3 Å². The molecule has 0 radical (unpaired) electrons. The predicted octanol–water partition coefficient (Wildman–Crippen LogP) is 4.16. The monoisotopic (exact) mass is 394 g/mol. The van der Waals surface area contributed by atoms with Crippen molar-refractivity contribution in [2.75, 3.05) is 20.8 Å². The Morgan fingerprint density at radius 2 is 1.79 bits per heavy atom. The molecule has 6 heteroatoms. The zero-order chi connectivity index (χ0) is 20.6. The fourth-order valence-corrected chi connectivity index (χ4v) is 3.15. The van der Waals surface area contributed by atoms with Crippen LogP contribution in [-0.4, -0.2) is 36.6 Å². The zero-order valence-corrected chi connectivity index (χ0v) is 17.0. The van der Waals surface area contributed by atoms with Gasteiger partial charge >= 0.3 is 5.97 Å². The second-order valence-electron chi connectivity index (χ2n) is 6.93. The van der Waals surface area contributed by atoms with Crippen molar-refractivity contribution < 1.29 is 18.7 Å². The summed E-state index contributed by atoms with van der Waals surface area (Å²) in [6.45, 7) is 3.58. The van der Waals surface area contributed by atoms with Gasteiger partial charge in [0.25, 0.3) is 0 Å². The van der Waals surface area contributed by atoms with Gasteiger partial charge < -0.3 is 13.9 Å². The molecule has 6 nitrogen and oxygen atoms in total. The van der Waals surface area contributed by atoms with E-state index in [-0.39, 0.29) is 11.9 Å². The fraction of sp³-hybridized carbons (Fsp3) is 0.304. The van der Waals surface area contributed by atoms with Crippen LogP contribution in [0.3, 0.4) is 0 Å². The van der Waals surface area contributed by atoms with Crippen molar-refractivity contribution >= 4 is 5.97 Å². The van der Waals surface area contributed by atoms with Crippen LogP contribution in [0.1, 0.15) is 18.4 Å². The molecule has 0 saturated heterocycles. The van der Waals surface area contributed by atoms with Crippen LogP contribution in [0.4, 0.5) is 0 Å². The fourth-order valence-electron chi connectivity index (χ4n) is 3.15. The lowest BCUT2D eigenvalue weighted by atomic mass is 10.1. The number of hydrogen-bond donors (Lipinski definition) is 0. The van der Waals surface area contributed by atoms with Crippen LogP contribution >= 0.6 is 0 Å². The van der Waals surface area contributed by atoms with E-state index in [2.05, 4.69) is 22.0 Å². The topological polar surface area (TPSA) is 64.8 Å². The summed E-state index contributed by atoms with van der Waals surface area (Å²) in [5.41, 5.74) is 2.09. The van der Waals surface area contributed by atoms with Crippen LogP contribution in [0.15, 0.2) is 65.2 Å². The minimum atomic E-state index is -0.250. The number of oxazole rings is 1. The van der Waals surface area contributed by atoms with Crippen LogP contribution < -0.4 is 4.74 Å². The summed E-state index contributed by atoms with van der Waals surface area (Å²) >= 11 is 0. The lowest BCUT2D eigenvalue weighted by Gasteiger charge is -2.23. The van der Waals surface area contributed by atoms with Crippen molar-refractivity contribution in [2.45, 2.75) is 20.0 Å². The summed E-state index contributed by atoms with van der Waals surface area (Å²) in [6, 6.07) is 17.8. The maximum Gasteiger partial charge on any atom is 0.309 e. The van der Waals surface area contributed by atoms with Gasteiger partial charge in [0.15, 0.2) is 5.76 Å². The molecule has 0 aliphatic rings. The molecular formula is C23H26N2O4. The highest BCUT2D eigenvalue weighted by Gasteiger charge is 2.20. The minimum Gasteiger partial charge on any atom is -0.497 e. The van der Waals surface area contributed by atoms with Crippen molar-refractivity contribution in [3.8, 4) is 17.1 Å². The van der Waals surface area contributed by atoms with Gasteiger partial charge in [0.2, 0.25) is 5.89 Å². The molecule has 0 N–H and O–H groups in total. The Labute approximate surface area is 171 Å². The third kappa shape index (κ3) is 5.68. The molecule has 2 aromatic carbocycles. The number of esters is 1. The number of benzene rings is 2. The third-order valence-corrected chi connectivity index (χ3v) is 4.67. The van der Waals surface area contributed by atoms with Gasteiger partial charge in [0, 0.05) is 18.7 Å². The van der Waals surface area contributed by atoms with Gasteiger partial charge in [-0.15, -0.1) is 0 Å². The predicted molar refractivity (Wildman–Crippen MR) is 110 cm³/mol. The molecule has 0 bridgehead atoms. The molecule has 1 heterocycles. The highest BCUT2D eigenvalue weighted by Crippen LogP contribution is 2.24. The summed E-state index contributed by atoms with van der Waals surface area (Å²) in [5.74, 6) is 1.61. The molecule has 3 rings (SSSR count). The molecule has 0 spiro atoms. The maximum absolute atomic E-state index is 11.9. The number of ether oxygens (including phenoxy) is 2. The minimum absolute atomic E-state index is 0.227. The molecule has 1 aromatic heterocycles. The van der Waals surface area contributed by atoms with E-state index in [1.54, 1.807) is 13.3 Å². The van der Waals surface area contributed by atoms with Crippen molar-refractivity contribution in [2.24, 2.45) is 5.92 Å². The van der Waals surface area contributed by atoms with Crippen LogP contribution in [0.2, 0.25) is 0 Å². The van der Waals surface area contributed by atoms with Crippen molar-refractivity contribution in [1.29, 1.82) is 0 Å². The van der Waals surface area contributed by atoms with E-state index in [1.165, 1.54) is 7.11 Å². The van der Waals surface area contributed by atoms with Crippen LogP contribution in [-0.2, 0) is 22.6 Å². The molecule has 0 aliphatic heterocycles. The van der Waals surface area contributed by atoms with Crippen molar-refractivity contribution in [1.82, 2.24) is 9.88 Å². The quantitative estimate of drug-likeness (QED) is 0.508. The number of hydrogen-bond acceptors (Lipinski definition) is 6. The van der Waals surface area contributed by atoms with Gasteiger partial charge in [-0.25, -0.2) is 4.98 Å². The van der Waals surface area contributed by atoms with E-state index < -0.39 is 0 Å². The number of carbonyl (C=O) groups excluding carboxylic acids is 1. The van der Waals surface area contributed by atoms with Crippen LogP contribution in [0.25, 0.3) is 11.3 Å². The van der Waals surface area contributed by atoms with Gasteiger partial charge in [-0.2, -0.15) is 0 Å². The second-order valence-corrected chi connectivity index (χ2v) is 6.93. The number of rotatable bonds is 9. The smallest absolute Gasteiger partial charge is 0.309 e. The molecular weight excluding hydrogens is 368 g/mol. The summed E-state index contributed by atoms with van der Waals surface area (Å²) < 4.78 is 16.0. The van der Waals surface area contributed by atoms with Crippen molar-refractivity contribution in [3.05, 3.63) is 72.2 Å². The Morgan fingerprint density at radius 1 is 1.07 bits per heavy atom. The van der Waals surface area contributed by atoms with E-state index in [1.807, 2.05) is 49.4 Å². The molecule has 0 saturated carbocycles. The third-order valence-electron chi connectivity index (χ3n) is 4.67. The van der Waals surface area contributed by atoms with E-state index >= 15 is 0 Å². The average Bonchev–Trinajstić information content (AvgIpc) is 3.22. The number of methoxy groups -OCH3 is 2. The van der Waals surface area contributed by atoms with Crippen LogP contribution in [0, 0.1) is 5.92 Å². The maximum atomic E-state index is 11.9. The van der Waals surface area contributed by atoms with Gasteiger partial charge in [0.05, 0.1) is 32.9 Å². The summed E-state index contributed by atoms with van der Waals surface area (Å²) in [6.07, 6.45) is 1.72. The molecule has 3 aromatic rings. The average molecular weight is 394 g/mol. The van der Waals surface area contributed by atoms with E-state index in [9.17, 15) is 4.79 Å². The number of carbonyl (C=O) groups is 1. The Hall–Kier alpha value is -3.12. The molecule has 29 heavy (non-hydrogen) atoms. The lowest BCUT2D eigenvalue weighted by Crippen LogP contribution is -2.31. The second kappa shape index (κ2) is 9.89. The summed E-state index contributed by atoms with van der Waals surface area (Å²) in [4.78, 5) is 18.5. The standard InChI is InChI=1S/C23H26N2O4/c1-17(23(26)28-3)14-25(15-18-7-5-4-6-8-18)16-22-24-13-21(29-22)19-9-11-20(27-2)12-10-19/h4-13,17H,14-16H2,1-3H3. The molecule has 152 valence electrons. The molecule has 1 unspecified atom stereocenters. The largest absolute Gasteiger partial charge is 0.497 e. The van der Waals surface area contributed by atoms with Gasteiger partial charge in [-0.1, -0.05) is 37.3 Å². The normalized spacial score (nSPS) is 12.0. The van der Waals surface area contributed by atoms with Gasteiger partial charge in [0.1, 0.15) is 5.75 Å². The first-order valence-electron chi connectivity index (χ1n) is 9.52. The first-order chi connectivity index (χ1) is 14.1. The summed E-state index contributed by atoms with van der Waals surface area (Å²) in [7, 11) is 3.05. The van der Waals surface area contributed by atoms with Crippen LogP contribution in [0.5, 0.6) is 5.75 Å². The highest BCUT2D eigenvalue weighted by molar-refractivity contribution is 5.72. The molecule has 1 atom stereocenters. The molecule has 0 aliphatic carbocycles.